The Morgan fingerprint density at radius 3 is 2.80 bits per heavy atom. The van der Waals surface area contributed by atoms with Gasteiger partial charge in [-0.1, -0.05) is 12.1 Å². The van der Waals surface area contributed by atoms with E-state index < -0.39 is 12.2 Å². The van der Waals surface area contributed by atoms with E-state index in [1.54, 1.807) is 12.1 Å². The van der Waals surface area contributed by atoms with Gasteiger partial charge in [0.1, 0.15) is 5.82 Å². The highest BCUT2D eigenvalue weighted by atomic mass is 19.3. The number of carbonyl (C=O) groups is 1. The van der Waals surface area contributed by atoms with E-state index in [1.165, 1.54) is 0 Å². The van der Waals surface area contributed by atoms with Gasteiger partial charge in [0.05, 0.1) is 11.6 Å². The minimum atomic E-state index is -2.71. The van der Waals surface area contributed by atoms with Crippen LogP contribution in [0.3, 0.4) is 0 Å². The number of hydrogen-bond donors (Lipinski definition) is 1. The summed E-state index contributed by atoms with van der Waals surface area (Å²) in [5.41, 5.74) is 0.517. The highest BCUT2D eigenvalue weighted by molar-refractivity contribution is 5.89. The van der Waals surface area contributed by atoms with Crippen LogP contribution in [0.4, 0.5) is 19.4 Å². The van der Waals surface area contributed by atoms with Gasteiger partial charge in [-0.3, -0.25) is 0 Å². The second kappa shape index (κ2) is 6.42. The summed E-state index contributed by atoms with van der Waals surface area (Å²) >= 11 is 0. The Hall–Kier alpha value is -2.51. The van der Waals surface area contributed by atoms with Crippen molar-refractivity contribution in [3.8, 4) is 0 Å². The van der Waals surface area contributed by atoms with E-state index in [0.717, 1.165) is 24.8 Å². The van der Waals surface area contributed by atoms with Crippen LogP contribution in [-0.4, -0.2) is 53.1 Å². The summed E-state index contributed by atoms with van der Waals surface area (Å²) < 4.78 is 26.4. The van der Waals surface area contributed by atoms with Crippen LogP contribution in [-0.2, 0) is 0 Å². The zero-order valence-electron chi connectivity index (χ0n) is 13.7. The lowest BCUT2D eigenvalue weighted by atomic mass is 10.0. The molecule has 2 saturated heterocycles. The fraction of sp³-hybridized carbons (Fsp3) is 0.471. The molecule has 132 valence electrons. The largest absolute Gasteiger partial charge is 0.354 e. The number of urea groups is 1. The van der Waals surface area contributed by atoms with Crippen LogP contribution in [0.2, 0.25) is 0 Å². The van der Waals surface area contributed by atoms with Gasteiger partial charge in [-0.2, -0.15) is 0 Å². The van der Waals surface area contributed by atoms with E-state index >= 15 is 0 Å². The van der Waals surface area contributed by atoms with Gasteiger partial charge in [0.15, 0.2) is 5.82 Å². The Morgan fingerprint density at radius 1 is 1.20 bits per heavy atom. The van der Waals surface area contributed by atoms with E-state index in [-0.39, 0.29) is 12.1 Å². The van der Waals surface area contributed by atoms with Crippen molar-refractivity contribution >= 4 is 22.8 Å². The molecule has 4 rings (SSSR count). The lowest BCUT2D eigenvalue weighted by Crippen LogP contribution is -2.49. The minimum Gasteiger partial charge on any atom is -0.354 e. The van der Waals surface area contributed by atoms with E-state index in [2.05, 4.69) is 15.3 Å². The molecule has 2 amide bonds. The molecule has 0 aliphatic carbocycles. The molecule has 0 radical (unpaired) electrons. The van der Waals surface area contributed by atoms with Gasteiger partial charge in [-0.25, -0.2) is 23.5 Å². The summed E-state index contributed by atoms with van der Waals surface area (Å²) in [7, 11) is 0. The number of nitrogens with one attached hydrogen (secondary N) is 1. The summed E-state index contributed by atoms with van der Waals surface area (Å²) in [6, 6.07) is 7.23. The Balaban J connectivity index is 1.69. The number of alkyl halides is 2. The Bertz CT molecular complexity index is 800. The highest BCUT2D eigenvalue weighted by Gasteiger charge is 2.32. The molecule has 0 bridgehead atoms. The third-order valence-electron chi connectivity index (χ3n) is 4.82. The summed E-state index contributed by atoms with van der Waals surface area (Å²) in [5.74, 6) is 0.0833. The zero-order chi connectivity index (χ0) is 17.4. The number of rotatable bonds is 3. The first-order valence-electron chi connectivity index (χ1n) is 8.48. The Morgan fingerprint density at radius 2 is 2.04 bits per heavy atom. The molecule has 2 aromatic rings. The first-order valence-corrected chi connectivity index (χ1v) is 8.48. The number of nitrogens with zero attached hydrogens (tertiary/aromatic N) is 4. The monoisotopic (exact) mass is 347 g/mol. The number of amides is 2. The van der Waals surface area contributed by atoms with Crippen LogP contribution in [0.5, 0.6) is 0 Å². The number of anilines is 1. The van der Waals surface area contributed by atoms with E-state index in [9.17, 15) is 13.6 Å². The third kappa shape index (κ3) is 2.96. The number of benzene rings is 1. The fourth-order valence-corrected chi connectivity index (χ4v) is 3.65. The van der Waals surface area contributed by atoms with Crippen molar-refractivity contribution < 1.29 is 13.6 Å². The van der Waals surface area contributed by atoms with Gasteiger partial charge in [-0.05, 0) is 25.0 Å². The van der Waals surface area contributed by atoms with Gasteiger partial charge < -0.3 is 15.1 Å². The standard InChI is InChI=1S/C17H19F2N5O/c18-14(19)15-21-13-6-2-1-5-12(13)16(22-15)23-8-3-4-11(10-23)24-9-7-20-17(24)25/h1-2,5-6,11,14H,3-4,7-10H2,(H,20,25). The smallest absolute Gasteiger partial charge is 0.317 e. The van der Waals surface area contributed by atoms with Gasteiger partial charge in [0.25, 0.3) is 6.43 Å². The normalized spacial score (nSPS) is 21.2. The molecule has 2 aliphatic heterocycles. The number of para-hydroxylation sites is 1. The van der Waals surface area contributed by atoms with Crippen molar-refractivity contribution in [2.24, 2.45) is 0 Å². The van der Waals surface area contributed by atoms with Crippen molar-refractivity contribution in [2.45, 2.75) is 25.3 Å². The molecule has 0 saturated carbocycles. The molecule has 8 heteroatoms. The summed E-state index contributed by atoms with van der Waals surface area (Å²) in [6.45, 7) is 2.66. The van der Waals surface area contributed by atoms with Gasteiger partial charge in [0.2, 0.25) is 0 Å². The summed E-state index contributed by atoms with van der Waals surface area (Å²) in [5, 5.41) is 3.58. The number of hydrogen-bond acceptors (Lipinski definition) is 4. The van der Waals surface area contributed by atoms with Crippen molar-refractivity contribution in [1.82, 2.24) is 20.2 Å². The van der Waals surface area contributed by atoms with Crippen molar-refractivity contribution in [3.63, 3.8) is 0 Å². The van der Waals surface area contributed by atoms with Crippen LogP contribution in [0.15, 0.2) is 24.3 Å². The van der Waals surface area contributed by atoms with Crippen LogP contribution >= 0.6 is 0 Å². The molecule has 1 aromatic heterocycles. The van der Waals surface area contributed by atoms with Gasteiger partial charge in [-0.15, -0.1) is 0 Å². The van der Waals surface area contributed by atoms with Crippen molar-refractivity contribution in [3.05, 3.63) is 30.1 Å². The quantitative estimate of drug-likeness (QED) is 0.927. The molecular weight excluding hydrogens is 328 g/mol. The van der Waals surface area contributed by atoms with Crippen LogP contribution in [0.25, 0.3) is 10.9 Å². The SMILES string of the molecule is O=C1NCCN1C1CCCN(c2nc(C(F)F)nc3ccccc23)C1. The number of halogens is 2. The first-order chi connectivity index (χ1) is 12.1. The van der Waals surface area contributed by atoms with Crippen LogP contribution in [0, 0.1) is 0 Å². The molecule has 1 unspecified atom stereocenters. The van der Waals surface area contributed by atoms with Crippen LogP contribution < -0.4 is 10.2 Å². The highest BCUT2D eigenvalue weighted by Crippen LogP contribution is 2.30. The average Bonchev–Trinajstić information content (AvgIpc) is 3.07. The van der Waals surface area contributed by atoms with Gasteiger partial charge in [0, 0.05) is 31.6 Å². The molecule has 3 heterocycles. The number of aromatic nitrogens is 2. The van der Waals surface area contributed by atoms with Crippen LogP contribution in [0.1, 0.15) is 25.1 Å². The van der Waals surface area contributed by atoms with Crippen molar-refractivity contribution in [2.75, 3.05) is 31.1 Å². The molecule has 1 aromatic carbocycles. The predicted octanol–water partition coefficient (Wildman–Crippen LogP) is 2.56. The average molecular weight is 347 g/mol. The minimum absolute atomic E-state index is 0.0485. The fourth-order valence-electron chi connectivity index (χ4n) is 3.65. The number of piperidine rings is 1. The zero-order valence-corrected chi connectivity index (χ0v) is 13.7. The second-order valence-corrected chi connectivity index (χ2v) is 6.39. The van der Waals surface area contributed by atoms with E-state index in [0.29, 0.717) is 31.0 Å². The summed E-state index contributed by atoms with van der Waals surface area (Å²) in [6.07, 6.45) is -0.917. The summed E-state index contributed by atoms with van der Waals surface area (Å²) in [4.78, 5) is 23.9. The molecule has 1 atom stereocenters. The number of carbonyl (C=O) groups excluding carboxylic acids is 1. The maximum atomic E-state index is 13.2. The molecule has 2 aliphatic rings. The second-order valence-electron chi connectivity index (χ2n) is 6.39. The van der Waals surface area contributed by atoms with Crippen molar-refractivity contribution in [1.29, 1.82) is 0 Å². The molecule has 6 nitrogen and oxygen atoms in total. The topological polar surface area (TPSA) is 61.4 Å². The van der Waals surface area contributed by atoms with E-state index in [1.807, 2.05) is 21.9 Å². The Labute approximate surface area is 143 Å². The predicted molar refractivity (Wildman–Crippen MR) is 89.8 cm³/mol. The molecule has 25 heavy (non-hydrogen) atoms. The first kappa shape index (κ1) is 16.0. The molecule has 0 spiro atoms. The Kier molecular flexibility index (Phi) is 4.10. The number of fused-ring (bicyclic) bond motifs is 1. The lowest BCUT2D eigenvalue weighted by molar-refractivity contribution is 0.141. The third-order valence-corrected chi connectivity index (χ3v) is 4.82. The van der Waals surface area contributed by atoms with Gasteiger partial charge >= 0.3 is 6.03 Å². The maximum Gasteiger partial charge on any atom is 0.317 e. The lowest BCUT2D eigenvalue weighted by Gasteiger charge is -2.38. The molecular formula is C17H19F2N5O. The van der Waals surface area contributed by atoms with E-state index in [4.69, 9.17) is 0 Å². The molecule has 2 fully saturated rings. The molecule has 1 N–H and O–H groups in total. The maximum absolute atomic E-state index is 13.2.